The lowest BCUT2D eigenvalue weighted by Crippen LogP contribution is -2.40. The fraction of sp³-hybridized carbons (Fsp3) is 0.462. The lowest BCUT2D eigenvalue weighted by atomic mass is 9.85. The summed E-state index contributed by atoms with van der Waals surface area (Å²) >= 11 is 5.34. The van der Waals surface area contributed by atoms with Gasteiger partial charge in [0.2, 0.25) is 5.91 Å². The minimum Gasteiger partial charge on any atom is -0.325 e. The van der Waals surface area contributed by atoms with E-state index < -0.39 is 22.9 Å². The summed E-state index contributed by atoms with van der Waals surface area (Å²) in [6.45, 7) is 3.09. The third-order valence-electron chi connectivity index (χ3n) is 3.52. The van der Waals surface area contributed by atoms with Gasteiger partial charge in [-0.3, -0.25) is 4.79 Å². The molecule has 0 saturated heterocycles. The molecule has 1 unspecified atom stereocenters. The van der Waals surface area contributed by atoms with E-state index in [1.807, 2.05) is 0 Å². The summed E-state index contributed by atoms with van der Waals surface area (Å²) in [5.74, 6) is -5.42. The van der Waals surface area contributed by atoms with Crippen molar-refractivity contribution in [3.63, 3.8) is 0 Å². The first-order chi connectivity index (χ1) is 9.39. The van der Waals surface area contributed by atoms with Gasteiger partial charge in [-0.05, 0) is 31.0 Å². The number of fused-ring (bicyclic) bond motifs is 1. The number of carbonyl (C=O) groups is 1. The number of hydrogen-bond acceptors (Lipinski definition) is 1. The second-order valence-corrected chi connectivity index (χ2v) is 5.80. The second-order valence-electron chi connectivity index (χ2n) is 5.37. The first kappa shape index (κ1) is 16.0. The number of anilines is 1. The van der Waals surface area contributed by atoms with Crippen LogP contribution in [0.3, 0.4) is 0 Å². The highest BCUT2D eigenvalue weighted by Crippen LogP contribution is 2.49. The molecule has 116 valence electrons. The largest absolute Gasteiger partial charge is 0.455 e. The molecule has 21 heavy (non-hydrogen) atoms. The molecule has 1 aromatic carbocycles. The van der Waals surface area contributed by atoms with Crippen molar-refractivity contribution in [2.75, 3.05) is 5.32 Å². The van der Waals surface area contributed by atoms with E-state index in [1.165, 1.54) is 6.07 Å². The number of nitrogens with one attached hydrogen (secondary N) is 1. The predicted molar refractivity (Wildman–Crippen MR) is 67.7 cm³/mol. The summed E-state index contributed by atoms with van der Waals surface area (Å²) in [4.78, 5) is 11.7. The van der Waals surface area contributed by atoms with Crippen LogP contribution in [0.25, 0.3) is 0 Å². The van der Waals surface area contributed by atoms with Gasteiger partial charge in [0.25, 0.3) is 0 Å². The molecule has 1 aromatic rings. The van der Waals surface area contributed by atoms with Crippen LogP contribution in [-0.2, 0) is 10.2 Å². The molecule has 1 N–H and O–H groups in total. The van der Waals surface area contributed by atoms with E-state index in [4.69, 9.17) is 11.6 Å². The lowest BCUT2D eigenvalue weighted by Gasteiger charge is -2.25. The van der Waals surface area contributed by atoms with E-state index in [0.717, 1.165) is 12.1 Å². The highest BCUT2D eigenvalue weighted by atomic mass is 35.5. The van der Waals surface area contributed by atoms with Crippen molar-refractivity contribution in [2.24, 2.45) is 0 Å². The van der Waals surface area contributed by atoms with Crippen LogP contribution < -0.4 is 5.32 Å². The number of hydrogen-bond donors (Lipinski definition) is 1. The van der Waals surface area contributed by atoms with Crippen molar-refractivity contribution < 1.29 is 26.7 Å². The molecule has 1 amide bonds. The lowest BCUT2D eigenvalue weighted by molar-refractivity contribution is -0.283. The van der Waals surface area contributed by atoms with Crippen molar-refractivity contribution in [3.8, 4) is 0 Å². The van der Waals surface area contributed by atoms with Crippen LogP contribution in [0.5, 0.6) is 0 Å². The second kappa shape index (κ2) is 4.56. The Morgan fingerprint density at radius 3 is 2.29 bits per heavy atom. The van der Waals surface area contributed by atoms with E-state index in [2.05, 4.69) is 5.32 Å². The average Bonchev–Trinajstić information content (AvgIpc) is 2.58. The van der Waals surface area contributed by atoms with Gasteiger partial charge in [-0.2, -0.15) is 22.0 Å². The number of amides is 1. The molecule has 8 heteroatoms. The van der Waals surface area contributed by atoms with Gasteiger partial charge in [0.05, 0.1) is 5.41 Å². The molecule has 0 aliphatic carbocycles. The number of rotatable bonds is 2. The van der Waals surface area contributed by atoms with Crippen LogP contribution in [0.15, 0.2) is 18.2 Å². The molecule has 0 saturated carbocycles. The van der Waals surface area contributed by atoms with Gasteiger partial charge >= 0.3 is 12.1 Å². The molecule has 2 rings (SSSR count). The molecule has 0 radical (unpaired) electrons. The van der Waals surface area contributed by atoms with E-state index in [1.54, 1.807) is 13.8 Å². The number of alkyl halides is 6. The van der Waals surface area contributed by atoms with E-state index in [-0.39, 0.29) is 11.5 Å². The Morgan fingerprint density at radius 1 is 1.19 bits per heavy atom. The highest BCUT2D eigenvalue weighted by Gasteiger charge is 2.62. The Balaban J connectivity index is 2.46. The maximum absolute atomic E-state index is 13.3. The summed E-state index contributed by atoms with van der Waals surface area (Å²) in [7, 11) is 0. The maximum atomic E-state index is 13.3. The zero-order valence-electron chi connectivity index (χ0n) is 11.0. The van der Waals surface area contributed by atoms with Gasteiger partial charge in [-0.15, -0.1) is 11.6 Å². The van der Waals surface area contributed by atoms with Crippen LogP contribution in [0.4, 0.5) is 27.6 Å². The van der Waals surface area contributed by atoms with Crippen molar-refractivity contribution in [1.82, 2.24) is 0 Å². The Hall–Kier alpha value is -1.37. The van der Waals surface area contributed by atoms with Crippen molar-refractivity contribution in [3.05, 3.63) is 29.3 Å². The molecule has 2 nitrogen and oxygen atoms in total. The SMILES string of the molecule is CC1(C)C(=O)Nc2ccc(C(Cl)C(F)(F)C(F)(F)F)cc21. The molecular weight excluding hydrogens is 317 g/mol. The molecule has 1 heterocycles. The summed E-state index contributed by atoms with van der Waals surface area (Å²) in [5.41, 5.74) is -0.681. The molecule has 0 spiro atoms. The van der Waals surface area contributed by atoms with Gasteiger partial charge in [-0.1, -0.05) is 12.1 Å². The summed E-state index contributed by atoms with van der Waals surface area (Å²) in [6, 6.07) is 3.45. The predicted octanol–water partition coefficient (Wildman–Crippen LogP) is 4.39. The minimum atomic E-state index is -5.75. The van der Waals surface area contributed by atoms with Crippen LogP contribution in [0.1, 0.15) is 30.4 Å². The zero-order valence-corrected chi connectivity index (χ0v) is 11.7. The zero-order chi connectivity index (χ0) is 16.2. The van der Waals surface area contributed by atoms with Crippen molar-refractivity contribution in [1.29, 1.82) is 0 Å². The molecule has 1 atom stereocenters. The van der Waals surface area contributed by atoms with Crippen molar-refractivity contribution in [2.45, 2.75) is 36.7 Å². The summed E-state index contributed by atoms with van der Waals surface area (Å²) < 4.78 is 63.7. The fourth-order valence-electron chi connectivity index (χ4n) is 2.10. The number of benzene rings is 1. The van der Waals surface area contributed by atoms with E-state index >= 15 is 0 Å². The smallest absolute Gasteiger partial charge is 0.325 e. The van der Waals surface area contributed by atoms with Gasteiger partial charge in [0, 0.05) is 5.69 Å². The first-order valence-electron chi connectivity index (χ1n) is 5.93. The fourth-order valence-corrected chi connectivity index (χ4v) is 2.36. The monoisotopic (exact) mass is 327 g/mol. The van der Waals surface area contributed by atoms with Gasteiger partial charge < -0.3 is 5.32 Å². The van der Waals surface area contributed by atoms with Crippen molar-refractivity contribution >= 4 is 23.2 Å². The topological polar surface area (TPSA) is 29.1 Å². The Kier molecular flexibility index (Phi) is 3.48. The van der Waals surface area contributed by atoms with Gasteiger partial charge in [-0.25, -0.2) is 0 Å². The van der Waals surface area contributed by atoms with Crippen LogP contribution in [-0.4, -0.2) is 18.0 Å². The third kappa shape index (κ3) is 2.37. The molecule has 1 aliphatic heterocycles. The molecular formula is C13H11ClF5NO. The average molecular weight is 328 g/mol. The molecule has 0 bridgehead atoms. The van der Waals surface area contributed by atoms with Crippen LogP contribution in [0.2, 0.25) is 0 Å². The Bertz CT molecular complexity index is 597. The quantitative estimate of drug-likeness (QED) is 0.633. The normalized spacial score (nSPS) is 19.1. The Labute approximate surface area is 122 Å². The molecule has 0 aromatic heterocycles. The molecule has 1 aliphatic rings. The van der Waals surface area contributed by atoms with Crippen LogP contribution >= 0.6 is 11.6 Å². The first-order valence-corrected chi connectivity index (χ1v) is 6.37. The maximum Gasteiger partial charge on any atom is 0.455 e. The minimum absolute atomic E-state index is 0.341. The highest BCUT2D eigenvalue weighted by molar-refractivity contribution is 6.21. The third-order valence-corrected chi connectivity index (χ3v) is 4.05. The molecule has 0 fully saturated rings. The van der Waals surface area contributed by atoms with E-state index in [0.29, 0.717) is 11.3 Å². The van der Waals surface area contributed by atoms with E-state index in [9.17, 15) is 26.7 Å². The van der Waals surface area contributed by atoms with Crippen LogP contribution in [0, 0.1) is 0 Å². The Morgan fingerprint density at radius 2 is 1.76 bits per heavy atom. The van der Waals surface area contributed by atoms with Gasteiger partial charge in [0.15, 0.2) is 0 Å². The summed E-state index contributed by atoms with van der Waals surface area (Å²) in [6.07, 6.45) is -5.75. The number of carbonyl (C=O) groups excluding carboxylic acids is 1. The standard InChI is InChI=1S/C13H11ClF5NO/c1-11(2)7-5-6(3-4-8(7)20-10(11)21)9(14)12(15,16)13(17,18)19/h3-5,9H,1-2H3,(H,20,21). The number of halogens is 6. The summed E-state index contributed by atoms with van der Waals surface area (Å²) in [5, 5.41) is -0.0298. The van der Waals surface area contributed by atoms with Gasteiger partial charge in [0.1, 0.15) is 5.38 Å².